The lowest BCUT2D eigenvalue weighted by Crippen LogP contribution is -2.48. The summed E-state index contributed by atoms with van der Waals surface area (Å²) in [6, 6.07) is 3.68. The summed E-state index contributed by atoms with van der Waals surface area (Å²) in [7, 11) is 0. The molecule has 2 aliphatic rings. The van der Waals surface area contributed by atoms with Crippen LogP contribution in [0.15, 0.2) is 18.3 Å². The molecule has 0 bridgehead atoms. The topological polar surface area (TPSA) is 74.8 Å². The van der Waals surface area contributed by atoms with E-state index in [1.54, 1.807) is 13.1 Å². The van der Waals surface area contributed by atoms with Crippen LogP contribution in [0.1, 0.15) is 49.4 Å². The van der Waals surface area contributed by atoms with Crippen LogP contribution in [0.3, 0.4) is 0 Å². The molecule has 3 heterocycles. The van der Waals surface area contributed by atoms with Gasteiger partial charge >= 0.3 is 6.09 Å². The van der Waals surface area contributed by atoms with Crippen molar-refractivity contribution in [3.8, 4) is 0 Å². The van der Waals surface area contributed by atoms with Crippen molar-refractivity contribution in [1.29, 1.82) is 0 Å². The van der Waals surface area contributed by atoms with Gasteiger partial charge < -0.3 is 19.9 Å². The lowest BCUT2D eigenvalue weighted by molar-refractivity contribution is 0.0724. The molecule has 7 nitrogen and oxygen atoms in total. The van der Waals surface area contributed by atoms with Crippen LogP contribution in [-0.4, -0.2) is 60.7 Å². The van der Waals surface area contributed by atoms with Crippen molar-refractivity contribution >= 4 is 17.8 Å². The summed E-state index contributed by atoms with van der Waals surface area (Å²) in [5.74, 6) is 0.784. The molecule has 0 radical (unpaired) electrons. The quantitative estimate of drug-likeness (QED) is 0.892. The first-order chi connectivity index (χ1) is 12.7. The van der Waals surface area contributed by atoms with Gasteiger partial charge in [-0.3, -0.25) is 4.79 Å². The number of hydrogen-bond donors (Lipinski definition) is 1. The number of nitrogens with one attached hydrogen (secondary N) is 1. The standard InChI is InChI=1S/C19H28N4O3/c1-2-26-19(25)21-15-8-7-13-23(14-15)17-16(9-6-10-20-17)18(24)22-11-4-3-5-12-22/h6,9-10,15H,2-5,7-8,11-14H2,1H3,(H,21,25). The van der Waals surface area contributed by atoms with Gasteiger partial charge in [0.15, 0.2) is 0 Å². The van der Waals surface area contributed by atoms with E-state index in [4.69, 9.17) is 4.74 Å². The minimum atomic E-state index is -0.384. The number of piperidine rings is 2. The van der Waals surface area contributed by atoms with Crippen molar-refractivity contribution in [2.45, 2.75) is 45.1 Å². The molecular weight excluding hydrogens is 332 g/mol. The van der Waals surface area contributed by atoms with E-state index in [1.807, 2.05) is 17.0 Å². The number of carbonyl (C=O) groups is 2. The number of likely N-dealkylation sites (tertiary alicyclic amines) is 1. The van der Waals surface area contributed by atoms with E-state index in [0.29, 0.717) is 18.7 Å². The van der Waals surface area contributed by atoms with Gasteiger partial charge in [0.25, 0.3) is 5.91 Å². The van der Waals surface area contributed by atoms with Gasteiger partial charge in [0, 0.05) is 38.4 Å². The van der Waals surface area contributed by atoms with Crippen molar-refractivity contribution in [2.75, 3.05) is 37.7 Å². The van der Waals surface area contributed by atoms with Crippen LogP contribution in [0.25, 0.3) is 0 Å². The fourth-order valence-electron chi connectivity index (χ4n) is 3.71. The van der Waals surface area contributed by atoms with Gasteiger partial charge in [-0.1, -0.05) is 0 Å². The Labute approximate surface area is 154 Å². The van der Waals surface area contributed by atoms with E-state index in [1.165, 1.54) is 6.42 Å². The van der Waals surface area contributed by atoms with Crippen LogP contribution in [-0.2, 0) is 4.74 Å². The van der Waals surface area contributed by atoms with Crippen molar-refractivity contribution in [3.63, 3.8) is 0 Å². The van der Waals surface area contributed by atoms with Gasteiger partial charge in [-0.25, -0.2) is 9.78 Å². The normalized spacial score (nSPS) is 20.6. The Bertz CT molecular complexity index is 631. The Morgan fingerprint density at radius 2 is 2.04 bits per heavy atom. The second-order valence-electron chi connectivity index (χ2n) is 6.88. The fourth-order valence-corrected chi connectivity index (χ4v) is 3.71. The fraction of sp³-hybridized carbons (Fsp3) is 0.632. The molecule has 2 fully saturated rings. The number of rotatable bonds is 4. The molecule has 26 heavy (non-hydrogen) atoms. The largest absolute Gasteiger partial charge is 0.450 e. The van der Waals surface area contributed by atoms with E-state index in [9.17, 15) is 9.59 Å². The third-order valence-electron chi connectivity index (χ3n) is 4.98. The average Bonchev–Trinajstić information content (AvgIpc) is 2.68. The second kappa shape index (κ2) is 8.87. The van der Waals surface area contributed by atoms with Crippen molar-refractivity contribution in [2.24, 2.45) is 0 Å². The zero-order valence-corrected chi connectivity index (χ0v) is 15.4. The van der Waals surface area contributed by atoms with E-state index < -0.39 is 0 Å². The predicted molar refractivity (Wildman–Crippen MR) is 99.4 cm³/mol. The van der Waals surface area contributed by atoms with Crippen LogP contribution in [0.4, 0.5) is 10.6 Å². The minimum Gasteiger partial charge on any atom is -0.450 e. The molecule has 2 amide bonds. The van der Waals surface area contributed by atoms with Crippen molar-refractivity contribution in [1.82, 2.24) is 15.2 Å². The van der Waals surface area contributed by atoms with E-state index in [2.05, 4.69) is 15.2 Å². The molecule has 0 aromatic carbocycles. The van der Waals surface area contributed by atoms with Crippen LogP contribution >= 0.6 is 0 Å². The Balaban J connectivity index is 1.72. The summed E-state index contributed by atoms with van der Waals surface area (Å²) in [5.41, 5.74) is 0.659. The van der Waals surface area contributed by atoms with Gasteiger partial charge in [-0.05, 0) is 51.2 Å². The third-order valence-corrected chi connectivity index (χ3v) is 4.98. The number of alkyl carbamates (subject to hydrolysis) is 1. The monoisotopic (exact) mass is 360 g/mol. The third kappa shape index (κ3) is 4.45. The molecule has 1 unspecified atom stereocenters. The number of pyridine rings is 1. The molecule has 3 rings (SSSR count). The first kappa shape index (κ1) is 18.5. The summed E-state index contributed by atoms with van der Waals surface area (Å²) in [5, 5.41) is 2.91. The molecule has 7 heteroatoms. The zero-order valence-electron chi connectivity index (χ0n) is 15.4. The van der Waals surface area contributed by atoms with Crippen LogP contribution in [0, 0.1) is 0 Å². The minimum absolute atomic E-state index is 0.00254. The summed E-state index contributed by atoms with van der Waals surface area (Å²) in [6.07, 6.45) is 6.50. The first-order valence-electron chi connectivity index (χ1n) is 9.61. The van der Waals surface area contributed by atoms with Gasteiger partial charge in [-0.2, -0.15) is 0 Å². The zero-order chi connectivity index (χ0) is 18.4. The number of hydrogen-bond acceptors (Lipinski definition) is 5. The lowest BCUT2D eigenvalue weighted by atomic mass is 10.0. The maximum atomic E-state index is 13.0. The van der Waals surface area contributed by atoms with Gasteiger partial charge in [0.1, 0.15) is 5.82 Å². The van der Waals surface area contributed by atoms with Crippen LogP contribution in [0.2, 0.25) is 0 Å². The van der Waals surface area contributed by atoms with Gasteiger partial charge in [-0.15, -0.1) is 0 Å². The maximum absolute atomic E-state index is 13.0. The molecule has 1 N–H and O–H groups in total. The van der Waals surface area contributed by atoms with E-state index in [-0.39, 0.29) is 18.0 Å². The smallest absolute Gasteiger partial charge is 0.407 e. The molecule has 0 spiro atoms. The maximum Gasteiger partial charge on any atom is 0.407 e. The van der Waals surface area contributed by atoms with Crippen molar-refractivity contribution in [3.05, 3.63) is 23.9 Å². The summed E-state index contributed by atoms with van der Waals surface area (Å²) >= 11 is 0. The first-order valence-corrected chi connectivity index (χ1v) is 9.61. The van der Waals surface area contributed by atoms with E-state index in [0.717, 1.165) is 51.1 Å². The Hall–Kier alpha value is -2.31. The van der Waals surface area contributed by atoms with Crippen LogP contribution in [0.5, 0.6) is 0 Å². The van der Waals surface area contributed by atoms with Gasteiger partial charge in [0.05, 0.1) is 12.2 Å². The Kier molecular flexibility index (Phi) is 6.30. The molecule has 2 aliphatic heterocycles. The van der Waals surface area contributed by atoms with Crippen LogP contribution < -0.4 is 10.2 Å². The molecular formula is C19H28N4O3. The molecule has 0 aliphatic carbocycles. The molecule has 0 saturated carbocycles. The number of carbonyl (C=O) groups excluding carboxylic acids is 2. The predicted octanol–water partition coefficient (Wildman–Crippen LogP) is 2.42. The van der Waals surface area contributed by atoms with Gasteiger partial charge in [0.2, 0.25) is 0 Å². The summed E-state index contributed by atoms with van der Waals surface area (Å²) in [6.45, 7) is 5.25. The van der Waals surface area contributed by atoms with Crippen molar-refractivity contribution < 1.29 is 14.3 Å². The highest BCUT2D eigenvalue weighted by Gasteiger charge is 2.27. The summed E-state index contributed by atoms with van der Waals surface area (Å²) < 4.78 is 4.98. The lowest BCUT2D eigenvalue weighted by Gasteiger charge is -2.35. The SMILES string of the molecule is CCOC(=O)NC1CCCN(c2ncccc2C(=O)N2CCCCC2)C1. The number of nitrogens with zero attached hydrogens (tertiary/aromatic N) is 3. The number of aromatic nitrogens is 1. The Morgan fingerprint density at radius 3 is 2.81 bits per heavy atom. The Morgan fingerprint density at radius 1 is 1.23 bits per heavy atom. The molecule has 2 saturated heterocycles. The second-order valence-corrected chi connectivity index (χ2v) is 6.88. The number of amides is 2. The molecule has 142 valence electrons. The molecule has 1 aromatic rings. The molecule has 1 aromatic heterocycles. The highest BCUT2D eigenvalue weighted by Crippen LogP contribution is 2.24. The number of anilines is 1. The average molecular weight is 360 g/mol. The summed E-state index contributed by atoms with van der Waals surface area (Å²) in [4.78, 5) is 33.2. The van der Waals surface area contributed by atoms with E-state index >= 15 is 0 Å². The highest BCUT2D eigenvalue weighted by atomic mass is 16.5. The molecule has 1 atom stereocenters. The number of ether oxygens (including phenoxy) is 1. The highest BCUT2D eigenvalue weighted by molar-refractivity contribution is 5.99.